The summed E-state index contributed by atoms with van der Waals surface area (Å²) in [5.41, 5.74) is 0.614. The van der Waals surface area contributed by atoms with Crippen LogP contribution in [0.3, 0.4) is 0 Å². The van der Waals surface area contributed by atoms with Crippen molar-refractivity contribution in [2.45, 2.75) is 25.7 Å². The van der Waals surface area contributed by atoms with Gasteiger partial charge in [0, 0.05) is 13.2 Å². The molecule has 1 fully saturated rings. The summed E-state index contributed by atoms with van der Waals surface area (Å²) in [6.45, 7) is 0.893. The van der Waals surface area contributed by atoms with E-state index in [-0.39, 0.29) is 12.2 Å². The van der Waals surface area contributed by atoms with Gasteiger partial charge < -0.3 is 10.4 Å². The number of nitrogens with zero attached hydrogens (tertiary/aromatic N) is 1. The highest BCUT2D eigenvalue weighted by molar-refractivity contribution is 5.57. The lowest BCUT2D eigenvalue weighted by molar-refractivity contribution is 0.141. The minimum atomic E-state index is -0.491. The molecule has 2 unspecified atom stereocenters. The van der Waals surface area contributed by atoms with Crippen molar-refractivity contribution in [3.05, 3.63) is 29.6 Å². The molecule has 1 aliphatic carbocycles. The van der Waals surface area contributed by atoms with E-state index >= 15 is 0 Å². The van der Waals surface area contributed by atoms with Gasteiger partial charge in [-0.2, -0.15) is 5.26 Å². The maximum atomic E-state index is 13.5. The molecule has 0 saturated heterocycles. The molecule has 0 radical (unpaired) electrons. The van der Waals surface area contributed by atoms with Crippen LogP contribution in [0, 0.1) is 29.0 Å². The van der Waals surface area contributed by atoms with Crippen molar-refractivity contribution in [1.29, 1.82) is 5.26 Å². The Morgan fingerprint density at radius 1 is 1.32 bits per heavy atom. The van der Waals surface area contributed by atoms with Crippen molar-refractivity contribution in [2.75, 3.05) is 18.5 Å². The highest BCUT2D eigenvalue weighted by Crippen LogP contribution is 2.30. The average Bonchev–Trinajstić information content (AvgIpc) is 2.45. The lowest BCUT2D eigenvalue weighted by Gasteiger charge is -2.30. The van der Waals surface area contributed by atoms with Gasteiger partial charge >= 0.3 is 0 Å². The van der Waals surface area contributed by atoms with Gasteiger partial charge in [-0.05, 0) is 36.8 Å². The molecule has 3 nitrogen and oxygen atoms in total. The maximum Gasteiger partial charge on any atom is 0.143 e. The lowest BCUT2D eigenvalue weighted by Crippen LogP contribution is -2.28. The molecule has 19 heavy (non-hydrogen) atoms. The quantitative estimate of drug-likeness (QED) is 0.877. The minimum absolute atomic E-state index is 0.0684. The van der Waals surface area contributed by atoms with Gasteiger partial charge in [-0.25, -0.2) is 4.39 Å². The standard InChI is InChI=1S/C15H19FN2O/c16-14-6-3-7-15(13(14)8-17)18-9-11-4-1-2-5-12(11)10-19/h3,6-7,11-12,18-19H,1-2,4-5,9-10H2. The number of halogens is 1. The fraction of sp³-hybridized carbons (Fsp3) is 0.533. The van der Waals surface area contributed by atoms with Gasteiger partial charge in [0.15, 0.2) is 0 Å². The fourth-order valence-corrected chi connectivity index (χ4v) is 2.82. The van der Waals surface area contributed by atoms with E-state index in [4.69, 9.17) is 5.26 Å². The molecule has 0 bridgehead atoms. The number of aliphatic hydroxyl groups is 1. The number of nitrogens with one attached hydrogen (secondary N) is 1. The van der Waals surface area contributed by atoms with Crippen LogP contribution in [0.25, 0.3) is 0 Å². The second-order valence-corrected chi connectivity index (χ2v) is 5.14. The van der Waals surface area contributed by atoms with E-state index in [0.717, 1.165) is 12.8 Å². The van der Waals surface area contributed by atoms with Crippen LogP contribution in [0.1, 0.15) is 31.2 Å². The smallest absolute Gasteiger partial charge is 0.143 e. The molecule has 0 amide bonds. The number of benzene rings is 1. The number of anilines is 1. The Bertz CT molecular complexity index is 470. The van der Waals surface area contributed by atoms with Gasteiger partial charge in [0.1, 0.15) is 17.4 Å². The molecule has 0 aliphatic heterocycles. The molecule has 0 heterocycles. The molecule has 2 N–H and O–H groups in total. The molecule has 4 heteroatoms. The van der Waals surface area contributed by atoms with Gasteiger partial charge in [-0.3, -0.25) is 0 Å². The van der Waals surface area contributed by atoms with Crippen LogP contribution in [0.4, 0.5) is 10.1 Å². The lowest BCUT2D eigenvalue weighted by atomic mass is 9.79. The zero-order valence-electron chi connectivity index (χ0n) is 10.9. The Hall–Kier alpha value is -1.60. The second-order valence-electron chi connectivity index (χ2n) is 5.14. The normalized spacial score (nSPS) is 22.8. The van der Waals surface area contributed by atoms with Crippen molar-refractivity contribution in [1.82, 2.24) is 0 Å². The Balaban J connectivity index is 2.02. The number of hydrogen-bond donors (Lipinski definition) is 2. The van der Waals surface area contributed by atoms with Gasteiger partial charge in [-0.1, -0.05) is 18.9 Å². The second kappa shape index (κ2) is 6.53. The van der Waals surface area contributed by atoms with Gasteiger partial charge in [0.2, 0.25) is 0 Å². The molecular formula is C15H19FN2O. The highest BCUT2D eigenvalue weighted by atomic mass is 19.1. The Morgan fingerprint density at radius 3 is 2.74 bits per heavy atom. The molecule has 1 aromatic carbocycles. The van der Waals surface area contributed by atoms with Crippen LogP contribution < -0.4 is 5.32 Å². The molecule has 1 aliphatic rings. The van der Waals surface area contributed by atoms with Crippen LogP contribution >= 0.6 is 0 Å². The number of aliphatic hydroxyl groups excluding tert-OH is 1. The van der Waals surface area contributed by atoms with Gasteiger partial charge in [0.05, 0.1) is 5.69 Å². The first-order valence-electron chi connectivity index (χ1n) is 6.79. The van der Waals surface area contributed by atoms with E-state index in [2.05, 4.69) is 5.32 Å². The Labute approximate surface area is 113 Å². The summed E-state index contributed by atoms with van der Waals surface area (Å²) < 4.78 is 13.5. The van der Waals surface area contributed by atoms with Crippen LogP contribution in [0.5, 0.6) is 0 Å². The maximum absolute atomic E-state index is 13.5. The van der Waals surface area contributed by atoms with Crippen molar-refractivity contribution in [2.24, 2.45) is 11.8 Å². The zero-order chi connectivity index (χ0) is 13.7. The first-order chi connectivity index (χ1) is 9.26. The summed E-state index contributed by atoms with van der Waals surface area (Å²) in [4.78, 5) is 0. The van der Waals surface area contributed by atoms with Gasteiger partial charge in [-0.15, -0.1) is 0 Å². The number of nitriles is 1. The molecule has 2 atom stereocenters. The highest BCUT2D eigenvalue weighted by Gasteiger charge is 2.24. The zero-order valence-corrected chi connectivity index (χ0v) is 10.9. The summed E-state index contributed by atoms with van der Waals surface area (Å²) >= 11 is 0. The van der Waals surface area contributed by atoms with Crippen molar-refractivity contribution in [3.8, 4) is 6.07 Å². The minimum Gasteiger partial charge on any atom is -0.396 e. The van der Waals surface area contributed by atoms with E-state index < -0.39 is 5.82 Å². The van der Waals surface area contributed by atoms with Crippen molar-refractivity contribution >= 4 is 5.69 Å². The van der Waals surface area contributed by atoms with E-state index in [1.54, 1.807) is 12.1 Å². The first-order valence-corrected chi connectivity index (χ1v) is 6.79. The number of hydrogen-bond acceptors (Lipinski definition) is 3. The first kappa shape index (κ1) is 13.8. The molecule has 1 aromatic rings. The Morgan fingerprint density at radius 2 is 2.05 bits per heavy atom. The third-order valence-corrected chi connectivity index (χ3v) is 3.98. The predicted octanol–water partition coefficient (Wildman–Crippen LogP) is 2.91. The van der Waals surface area contributed by atoms with E-state index in [0.29, 0.717) is 24.1 Å². The summed E-state index contributed by atoms with van der Waals surface area (Å²) in [6.07, 6.45) is 4.48. The molecule has 1 saturated carbocycles. The van der Waals surface area contributed by atoms with Gasteiger partial charge in [0.25, 0.3) is 0 Å². The van der Waals surface area contributed by atoms with Crippen LogP contribution in [0.2, 0.25) is 0 Å². The fourth-order valence-electron chi connectivity index (χ4n) is 2.82. The van der Waals surface area contributed by atoms with Crippen molar-refractivity contribution in [3.63, 3.8) is 0 Å². The SMILES string of the molecule is N#Cc1c(F)cccc1NCC1CCCCC1CO. The van der Waals surface area contributed by atoms with E-state index in [1.807, 2.05) is 6.07 Å². The topological polar surface area (TPSA) is 56.0 Å². The summed E-state index contributed by atoms with van der Waals surface area (Å²) in [6, 6.07) is 6.50. The molecule has 102 valence electrons. The monoisotopic (exact) mass is 262 g/mol. The number of rotatable bonds is 4. The largest absolute Gasteiger partial charge is 0.396 e. The summed E-state index contributed by atoms with van der Waals surface area (Å²) in [5.74, 6) is 0.226. The van der Waals surface area contributed by atoms with E-state index in [1.165, 1.54) is 18.9 Å². The van der Waals surface area contributed by atoms with Crippen molar-refractivity contribution < 1.29 is 9.50 Å². The van der Waals surface area contributed by atoms with Crippen LogP contribution in [0.15, 0.2) is 18.2 Å². The van der Waals surface area contributed by atoms with Crippen LogP contribution in [-0.2, 0) is 0 Å². The third-order valence-electron chi connectivity index (χ3n) is 3.98. The molecule has 0 spiro atoms. The molecular weight excluding hydrogens is 243 g/mol. The molecule has 2 rings (SSSR count). The predicted molar refractivity (Wildman–Crippen MR) is 72.1 cm³/mol. The Kier molecular flexibility index (Phi) is 4.75. The van der Waals surface area contributed by atoms with Crippen LogP contribution in [-0.4, -0.2) is 18.3 Å². The third kappa shape index (κ3) is 3.24. The summed E-state index contributed by atoms with van der Waals surface area (Å²) in [5, 5.41) is 21.5. The summed E-state index contributed by atoms with van der Waals surface area (Å²) in [7, 11) is 0. The average molecular weight is 262 g/mol. The van der Waals surface area contributed by atoms with E-state index in [9.17, 15) is 9.50 Å². The molecule has 0 aromatic heterocycles.